The van der Waals surface area contributed by atoms with Crippen LogP contribution >= 0.6 is 0 Å². The van der Waals surface area contributed by atoms with E-state index in [1.165, 1.54) is 6.07 Å². The summed E-state index contributed by atoms with van der Waals surface area (Å²) >= 11 is 0. The number of carbonyl (C=O) groups is 1. The topological polar surface area (TPSA) is 32.3 Å². The number of benzene rings is 2. The largest absolute Gasteiger partial charge is 0.352 e. The Balaban J connectivity index is 1.62. The van der Waals surface area contributed by atoms with Crippen LogP contribution in [-0.4, -0.2) is 36.5 Å². The van der Waals surface area contributed by atoms with Crippen LogP contribution in [0.3, 0.4) is 0 Å². The van der Waals surface area contributed by atoms with Gasteiger partial charge in [-0.3, -0.25) is 4.79 Å². The molecular formula is C23H29FN2O. The molecule has 144 valence electrons. The van der Waals surface area contributed by atoms with E-state index < -0.39 is 5.82 Å². The lowest BCUT2D eigenvalue weighted by atomic mass is 9.96. The van der Waals surface area contributed by atoms with Gasteiger partial charge in [-0.2, -0.15) is 0 Å². The number of halogens is 1. The molecule has 3 rings (SSSR count). The van der Waals surface area contributed by atoms with Gasteiger partial charge >= 0.3 is 0 Å². The first-order chi connectivity index (χ1) is 12.9. The maximum Gasteiger partial charge on any atom is 0.254 e. The van der Waals surface area contributed by atoms with E-state index in [-0.39, 0.29) is 11.5 Å². The summed E-state index contributed by atoms with van der Waals surface area (Å²) in [5, 5.41) is 2.93. The highest BCUT2D eigenvalue weighted by atomic mass is 19.1. The number of aryl methyl sites for hydroxylation is 1. The van der Waals surface area contributed by atoms with E-state index in [0.29, 0.717) is 18.5 Å². The Hall–Kier alpha value is -2.20. The van der Waals surface area contributed by atoms with Crippen molar-refractivity contribution in [2.24, 2.45) is 5.92 Å². The van der Waals surface area contributed by atoms with Crippen LogP contribution in [0.15, 0.2) is 42.5 Å². The summed E-state index contributed by atoms with van der Waals surface area (Å²) in [5.74, 6) is -0.373. The summed E-state index contributed by atoms with van der Waals surface area (Å²) in [5.41, 5.74) is 3.00. The molecule has 27 heavy (non-hydrogen) atoms. The summed E-state index contributed by atoms with van der Waals surface area (Å²) in [7, 11) is 0. The first-order valence-corrected chi connectivity index (χ1v) is 9.83. The van der Waals surface area contributed by atoms with E-state index in [1.807, 2.05) is 37.3 Å². The van der Waals surface area contributed by atoms with Crippen molar-refractivity contribution in [3.63, 3.8) is 0 Å². The second-order valence-electron chi connectivity index (χ2n) is 7.87. The predicted octanol–water partition coefficient (Wildman–Crippen LogP) is 4.65. The average Bonchev–Trinajstić information content (AvgIpc) is 2.67. The highest BCUT2D eigenvalue weighted by molar-refractivity contribution is 5.95. The van der Waals surface area contributed by atoms with Gasteiger partial charge in [-0.25, -0.2) is 4.39 Å². The van der Waals surface area contributed by atoms with Crippen molar-refractivity contribution >= 4 is 5.91 Å². The zero-order valence-corrected chi connectivity index (χ0v) is 16.5. The Kier molecular flexibility index (Phi) is 6.27. The summed E-state index contributed by atoms with van der Waals surface area (Å²) in [6, 6.07) is 13.3. The van der Waals surface area contributed by atoms with Gasteiger partial charge in [0.15, 0.2) is 0 Å². The average molecular weight is 368 g/mol. The van der Waals surface area contributed by atoms with Crippen LogP contribution in [0.25, 0.3) is 11.1 Å². The minimum Gasteiger partial charge on any atom is -0.352 e. The lowest BCUT2D eigenvalue weighted by molar-refractivity contribution is 0.0919. The third-order valence-corrected chi connectivity index (χ3v) is 5.43. The van der Waals surface area contributed by atoms with Crippen LogP contribution in [-0.2, 0) is 0 Å². The third kappa shape index (κ3) is 4.95. The van der Waals surface area contributed by atoms with E-state index >= 15 is 0 Å². The molecule has 0 spiro atoms. The zero-order valence-electron chi connectivity index (χ0n) is 16.5. The molecule has 1 atom stereocenters. The minimum absolute atomic E-state index is 0.113. The number of likely N-dealkylation sites (tertiary alicyclic amines) is 1. The first kappa shape index (κ1) is 19.6. The van der Waals surface area contributed by atoms with Crippen LogP contribution in [0.1, 0.15) is 42.6 Å². The molecule has 1 amide bonds. The van der Waals surface area contributed by atoms with Gasteiger partial charge in [-0.05, 0) is 69.3 Å². The van der Waals surface area contributed by atoms with Crippen molar-refractivity contribution in [3.8, 4) is 11.1 Å². The molecule has 1 saturated heterocycles. The van der Waals surface area contributed by atoms with Crippen molar-refractivity contribution in [1.29, 1.82) is 0 Å². The number of hydrogen-bond acceptors (Lipinski definition) is 2. The summed E-state index contributed by atoms with van der Waals surface area (Å²) in [6.45, 7) is 9.13. The van der Waals surface area contributed by atoms with Crippen molar-refractivity contribution in [3.05, 3.63) is 59.4 Å². The minimum atomic E-state index is -0.474. The maximum atomic E-state index is 14.5. The van der Waals surface area contributed by atoms with Gasteiger partial charge in [0.2, 0.25) is 0 Å². The highest BCUT2D eigenvalue weighted by Crippen LogP contribution is 2.23. The fourth-order valence-electron chi connectivity index (χ4n) is 3.69. The Labute approximate surface area is 161 Å². The molecule has 0 aromatic heterocycles. The smallest absolute Gasteiger partial charge is 0.254 e. The van der Waals surface area contributed by atoms with Crippen LogP contribution in [0.4, 0.5) is 4.39 Å². The van der Waals surface area contributed by atoms with Gasteiger partial charge in [0.1, 0.15) is 5.82 Å². The van der Waals surface area contributed by atoms with Crippen LogP contribution in [0.5, 0.6) is 0 Å². The molecule has 1 N–H and O–H groups in total. The number of rotatable bonds is 5. The lowest BCUT2D eigenvalue weighted by Gasteiger charge is -2.35. The van der Waals surface area contributed by atoms with Gasteiger partial charge in [0.05, 0.1) is 5.56 Å². The predicted molar refractivity (Wildman–Crippen MR) is 108 cm³/mol. The van der Waals surface area contributed by atoms with Crippen molar-refractivity contribution < 1.29 is 9.18 Å². The van der Waals surface area contributed by atoms with E-state index in [2.05, 4.69) is 24.1 Å². The summed E-state index contributed by atoms with van der Waals surface area (Å²) in [6.07, 6.45) is 2.26. The quantitative estimate of drug-likeness (QED) is 0.833. The van der Waals surface area contributed by atoms with Gasteiger partial charge in [0.25, 0.3) is 5.91 Å². The highest BCUT2D eigenvalue weighted by Gasteiger charge is 2.22. The Morgan fingerprint density at radius 2 is 1.89 bits per heavy atom. The Morgan fingerprint density at radius 1 is 1.19 bits per heavy atom. The van der Waals surface area contributed by atoms with Gasteiger partial charge in [-0.1, -0.05) is 35.9 Å². The molecule has 1 aliphatic heterocycles. The number of nitrogens with zero attached hydrogens (tertiary/aromatic N) is 1. The molecule has 1 aliphatic rings. The summed E-state index contributed by atoms with van der Waals surface area (Å²) in [4.78, 5) is 14.9. The zero-order chi connectivity index (χ0) is 19.4. The normalized spacial score (nSPS) is 17.9. The number of hydrogen-bond donors (Lipinski definition) is 1. The SMILES string of the molecule is Cc1ccc(-c2ccc(C(=O)NCC3CCCN(C(C)C)C3)c(F)c2)cc1. The number of amides is 1. The first-order valence-electron chi connectivity index (χ1n) is 9.83. The molecule has 0 saturated carbocycles. The van der Waals surface area contributed by atoms with Gasteiger partial charge < -0.3 is 10.2 Å². The standard InChI is InChI=1S/C23H29FN2O/c1-16(2)26-12-4-5-18(15-26)14-25-23(27)21-11-10-20(13-22(21)24)19-8-6-17(3)7-9-19/h6-11,13,16,18H,4-5,12,14-15H2,1-3H3,(H,25,27). The van der Waals surface area contributed by atoms with E-state index in [1.54, 1.807) is 6.07 Å². The Morgan fingerprint density at radius 3 is 2.56 bits per heavy atom. The van der Waals surface area contributed by atoms with E-state index in [9.17, 15) is 9.18 Å². The fourth-order valence-corrected chi connectivity index (χ4v) is 3.69. The molecule has 2 aromatic carbocycles. The second-order valence-corrected chi connectivity index (χ2v) is 7.87. The van der Waals surface area contributed by atoms with Gasteiger partial charge in [-0.15, -0.1) is 0 Å². The van der Waals surface area contributed by atoms with Gasteiger partial charge in [0, 0.05) is 19.1 Å². The van der Waals surface area contributed by atoms with Crippen molar-refractivity contribution in [2.45, 2.75) is 39.7 Å². The molecule has 0 radical (unpaired) electrons. The molecule has 2 aromatic rings. The monoisotopic (exact) mass is 368 g/mol. The maximum absolute atomic E-state index is 14.5. The number of carbonyl (C=O) groups excluding carboxylic acids is 1. The van der Waals surface area contributed by atoms with Crippen molar-refractivity contribution in [2.75, 3.05) is 19.6 Å². The lowest BCUT2D eigenvalue weighted by Crippen LogP contribution is -2.43. The number of piperidine rings is 1. The Bertz CT molecular complexity index is 785. The molecule has 4 heteroatoms. The molecule has 1 fully saturated rings. The summed E-state index contributed by atoms with van der Waals surface area (Å²) < 4.78 is 14.5. The fraction of sp³-hybridized carbons (Fsp3) is 0.435. The van der Waals surface area contributed by atoms with Crippen LogP contribution in [0, 0.1) is 18.7 Å². The van der Waals surface area contributed by atoms with E-state index in [0.717, 1.165) is 42.6 Å². The van der Waals surface area contributed by atoms with Crippen molar-refractivity contribution in [1.82, 2.24) is 10.2 Å². The molecule has 0 aliphatic carbocycles. The molecule has 1 unspecified atom stereocenters. The van der Waals surface area contributed by atoms with Crippen LogP contribution in [0.2, 0.25) is 0 Å². The third-order valence-electron chi connectivity index (χ3n) is 5.43. The molecule has 3 nitrogen and oxygen atoms in total. The van der Waals surface area contributed by atoms with E-state index in [4.69, 9.17) is 0 Å². The molecule has 0 bridgehead atoms. The molecule has 1 heterocycles. The molecular weight excluding hydrogens is 339 g/mol. The number of nitrogens with one attached hydrogen (secondary N) is 1. The second kappa shape index (κ2) is 8.66. The van der Waals surface area contributed by atoms with Crippen LogP contribution < -0.4 is 5.32 Å².